The van der Waals surface area contributed by atoms with E-state index in [0.29, 0.717) is 11.5 Å². The van der Waals surface area contributed by atoms with E-state index in [-0.39, 0.29) is 5.69 Å². The molecule has 0 saturated carbocycles. The molecule has 0 aliphatic carbocycles. The molecule has 7 nitrogen and oxygen atoms in total. The van der Waals surface area contributed by atoms with Crippen molar-refractivity contribution in [2.24, 2.45) is 5.10 Å². The van der Waals surface area contributed by atoms with Crippen molar-refractivity contribution in [3.8, 4) is 0 Å². The molecule has 0 aliphatic heterocycles. The number of nitro groups is 1. The monoisotopic (exact) mass is 271 g/mol. The highest BCUT2D eigenvalue weighted by Gasteiger charge is 2.04. The van der Waals surface area contributed by atoms with Gasteiger partial charge in [-0.1, -0.05) is 12.1 Å². The van der Waals surface area contributed by atoms with E-state index in [9.17, 15) is 10.1 Å². The van der Waals surface area contributed by atoms with Crippen LogP contribution in [0.25, 0.3) is 0 Å². The first-order chi connectivity index (χ1) is 9.56. The molecule has 1 heterocycles. The Bertz CT molecular complexity index is 635. The summed E-state index contributed by atoms with van der Waals surface area (Å²) in [6, 6.07) is 10.2. The molecule has 0 saturated heterocycles. The molecule has 2 aromatic rings. The van der Waals surface area contributed by atoms with E-state index in [1.54, 1.807) is 12.1 Å². The number of rotatable bonds is 4. The average Bonchev–Trinajstić information content (AvgIpc) is 2.46. The first-order valence-corrected chi connectivity index (χ1v) is 5.83. The van der Waals surface area contributed by atoms with E-state index >= 15 is 0 Å². The summed E-state index contributed by atoms with van der Waals surface area (Å²) in [4.78, 5) is 13.9. The topological polar surface area (TPSA) is 106 Å². The van der Waals surface area contributed by atoms with Crippen molar-refractivity contribution >= 4 is 22.9 Å². The van der Waals surface area contributed by atoms with Gasteiger partial charge in [0.15, 0.2) is 0 Å². The Morgan fingerprint density at radius 1 is 1.30 bits per heavy atom. The Morgan fingerprint density at radius 2 is 2.00 bits per heavy atom. The summed E-state index contributed by atoms with van der Waals surface area (Å²) in [7, 11) is 0. The van der Waals surface area contributed by atoms with Crippen molar-refractivity contribution in [1.82, 2.24) is 4.98 Å². The molecule has 7 heteroatoms. The fourth-order valence-corrected chi connectivity index (χ4v) is 1.49. The maximum absolute atomic E-state index is 10.5. The summed E-state index contributed by atoms with van der Waals surface area (Å²) in [5.41, 5.74) is 10.7. The highest BCUT2D eigenvalue weighted by atomic mass is 16.6. The van der Waals surface area contributed by atoms with Gasteiger partial charge in [0, 0.05) is 11.8 Å². The number of hydrogen-bond acceptors (Lipinski definition) is 6. The van der Waals surface area contributed by atoms with Gasteiger partial charge in [0.05, 0.1) is 10.6 Å². The van der Waals surface area contributed by atoms with Crippen molar-refractivity contribution in [2.75, 3.05) is 11.2 Å². The number of pyridine rings is 1. The Kier molecular flexibility index (Phi) is 3.90. The standard InChI is InChI=1S/C13H13N5O2/c1-9(10-2-4-11(14)5-3-10)16-17-13-7-6-12(8-15-13)18(19)20/h2-8H,14H2,1H3,(H,15,17)/b16-9+. The third kappa shape index (κ3) is 3.29. The molecule has 1 aromatic carbocycles. The van der Waals surface area contributed by atoms with Crippen molar-refractivity contribution in [2.45, 2.75) is 6.92 Å². The molecule has 3 N–H and O–H groups in total. The Labute approximate surface area is 115 Å². The number of nitrogen functional groups attached to an aromatic ring is 1. The molecule has 20 heavy (non-hydrogen) atoms. The second-order valence-electron chi connectivity index (χ2n) is 4.09. The minimum Gasteiger partial charge on any atom is -0.399 e. The van der Waals surface area contributed by atoms with Crippen molar-refractivity contribution in [3.63, 3.8) is 0 Å². The zero-order valence-electron chi connectivity index (χ0n) is 10.8. The van der Waals surface area contributed by atoms with Gasteiger partial charge in [-0.2, -0.15) is 5.10 Å². The first kappa shape index (κ1) is 13.5. The number of nitrogens with two attached hydrogens (primary N) is 1. The van der Waals surface area contributed by atoms with Crippen LogP contribution in [0.5, 0.6) is 0 Å². The fourth-order valence-electron chi connectivity index (χ4n) is 1.49. The van der Waals surface area contributed by atoms with Crippen LogP contribution in [0.15, 0.2) is 47.7 Å². The number of aromatic nitrogens is 1. The molecule has 0 amide bonds. The van der Waals surface area contributed by atoms with Crippen LogP contribution in [0, 0.1) is 10.1 Å². The van der Waals surface area contributed by atoms with Gasteiger partial charge in [-0.3, -0.25) is 15.5 Å². The maximum atomic E-state index is 10.5. The summed E-state index contributed by atoms with van der Waals surface area (Å²) < 4.78 is 0. The summed E-state index contributed by atoms with van der Waals surface area (Å²) in [6.07, 6.45) is 1.18. The van der Waals surface area contributed by atoms with E-state index in [2.05, 4.69) is 15.5 Å². The number of benzene rings is 1. The minimum atomic E-state index is -0.500. The van der Waals surface area contributed by atoms with E-state index in [4.69, 9.17) is 5.73 Å². The number of anilines is 2. The molecular weight excluding hydrogens is 258 g/mol. The van der Waals surface area contributed by atoms with Gasteiger partial charge >= 0.3 is 0 Å². The van der Waals surface area contributed by atoms with Crippen molar-refractivity contribution in [3.05, 3.63) is 58.3 Å². The highest BCUT2D eigenvalue weighted by Crippen LogP contribution is 2.12. The van der Waals surface area contributed by atoms with Gasteiger partial charge in [0.25, 0.3) is 5.69 Å². The van der Waals surface area contributed by atoms with Crippen LogP contribution in [-0.4, -0.2) is 15.6 Å². The van der Waals surface area contributed by atoms with Crippen LogP contribution in [-0.2, 0) is 0 Å². The molecule has 0 unspecified atom stereocenters. The van der Waals surface area contributed by atoms with Crippen LogP contribution < -0.4 is 11.2 Å². The van der Waals surface area contributed by atoms with Crippen molar-refractivity contribution in [1.29, 1.82) is 0 Å². The average molecular weight is 271 g/mol. The van der Waals surface area contributed by atoms with Crippen LogP contribution in [0.1, 0.15) is 12.5 Å². The highest BCUT2D eigenvalue weighted by molar-refractivity contribution is 5.99. The van der Waals surface area contributed by atoms with Gasteiger partial charge in [0.2, 0.25) is 0 Å². The Hall–Kier alpha value is -2.96. The molecule has 102 valence electrons. The fraction of sp³-hybridized carbons (Fsp3) is 0.0769. The molecule has 0 fully saturated rings. The van der Waals surface area contributed by atoms with E-state index in [0.717, 1.165) is 11.3 Å². The summed E-state index contributed by atoms with van der Waals surface area (Å²) >= 11 is 0. The predicted octanol–water partition coefficient (Wildman–Crippen LogP) is 2.41. The summed E-state index contributed by atoms with van der Waals surface area (Å²) in [5.74, 6) is 0.436. The van der Waals surface area contributed by atoms with Crippen molar-refractivity contribution < 1.29 is 4.92 Å². The zero-order chi connectivity index (χ0) is 14.5. The first-order valence-electron chi connectivity index (χ1n) is 5.83. The third-order valence-corrected chi connectivity index (χ3v) is 2.63. The minimum absolute atomic E-state index is 0.0604. The third-order valence-electron chi connectivity index (χ3n) is 2.63. The van der Waals surface area contributed by atoms with Crippen LogP contribution >= 0.6 is 0 Å². The van der Waals surface area contributed by atoms with Crippen LogP contribution in [0.3, 0.4) is 0 Å². The lowest BCUT2D eigenvalue weighted by molar-refractivity contribution is -0.385. The number of nitrogens with one attached hydrogen (secondary N) is 1. The Balaban J connectivity index is 2.08. The van der Waals surface area contributed by atoms with Crippen LogP contribution in [0.2, 0.25) is 0 Å². The Morgan fingerprint density at radius 3 is 2.55 bits per heavy atom. The summed E-state index contributed by atoms with van der Waals surface area (Å²) in [5, 5.41) is 14.7. The number of hydrogen-bond donors (Lipinski definition) is 2. The van der Waals surface area contributed by atoms with Gasteiger partial charge < -0.3 is 5.73 Å². The molecule has 0 atom stereocenters. The molecule has 2 rings (SSSR count). The molecule has 0 radical (unpaired) electrons. The van der Waals surface area contributed by atoms with E-state index in [1.807, 2.05) is 19.1 Å². The van der Waals surface area contributed by atoms with E-state index in [1.165, 1.54) is 18.3 Å². The zero-order valence-corrected chi connectivity index (χ0v) is 10.8. The number of hydrazone groups is 1. The predicted molar refractivity (Wildman–Crippen MR) is 77.6 cm³/mol. The van der Waals surface area contributed by atoms with Crippen LogP contribution in [0.4, 0.5) is 17.2 Å². The molecule has 0 aliphatic rings. The smallest absolute Gasteiger partial charge is 0.287 e. The lowest BCUT2D eigenvalue weighted by Crippen LogP contribution is -2.01. The molecule has 0 spiro atoms. The summed E-state index contributed by atoms with van der Waals surface area (Å²) in [6.45, 7) is 1.84. The maximum Gasteiger partial charge on any atom is 0.287 e. The largest absolute Gasteiger partial charge is 0.399 e. The van der Waals surface area contributed by atoms with Gasteiger partial charge in [-0.15, -0.1) is 0 Å². The molecular formula is C13H13N5O2. The number of nitrogens with zero attached hydrogens (tertiary/aromatic N) is 3. The lowest BCUT2D eigenvalue weighted by Gasteiger charge is -2.03. The van der Waals surface area contributed by atoms with E-state index < -0.39 is 4.92 Å². The SMILES string of the molecule is C/C(=N\Nc1ccc([N+](=O)[O-])cn1)c1ccc(N)cc1. The normalized spacial score (nSPS) is 11.2. The molecule has 0 bridgehead atoms. The lowest BCUT2D eigenvalue weighted by atomic mass is 10.1. The second-order valence-corrected chi connectivity index (χ2v) is 4.09. The second kappa shape index (κ2) is 5.79. The molecule has 1 aromatic heterocycles. The van der Waals surface area contributed by atoms with Gasteiger partial charge in [-0.05, 0) is 30.7 Å². The van der Waals surface area contributed by atoms with Gasteiger partial charge in [0.1, 0.15) is 12.0 Å². The van der Waals surface area contributed by atoms with Gasteiger partial charge in [-0.25, -0.2) is 4.98 Å². The quantitative estimate of drug-likeness (QED) is 0.384.